The summed E-state index contributed by atoms with van der Waals surface area (Å²) in [6, 6.07) is 5.58. The summed E-state index contributed by atoms with van der Waals surface area (Å²) in [5, 5.41) is 0. The number of carbonyl (C=O) groups excluding carboxylic acids is 2. The number of nitrogens with zero attached hydrogens (tertiary/aromatic N) is 1. The molecule has 0 atom stereocenters. The molecule has 1 amide bonds. The Hall–Kier alpha value is -2.56. The fourth-order valence-electron chi connectivity index (χ4n) is 3.36. The van der Waals surface area contributed by atoms with Gasteiger partial charge in [0.05, 0.1) is 19.2 Å². The van der Waals surface area contributed by atoms with Crippen molar-refractivity contribution < 1.29 is 27.1 Å². The molecule has 1 aliphatic rings. The zero-order valence-corrected chi connectivity index (χ0v) is 18.7. The Bertz CT molecular complexity index is 1110. The standard InChI is InChI=1S/C21H23FN2O5S2/c1-3-4-8-18(25)24-10-9-16-17(13-24)30-21(19(16)20(26)29-2)31(27,28)23-12-14-6-5-7-15(22)11-14/h3,5-7,11,23H,1,4,8-10,12-13H2,2H3. The predicted octanol–water partition coefficient (Wildman–Crippen LogP) is 3.00. The molecule has 0 unspecified atom stereocenters. The lowest BCUT2D eigenvalue weighted by molar-refractivity contribution is -0.131. The molecule has 10 heteroatoms. The molecule has 166 valence electrons. The third kappa shape index (κ3) is 5.20. The maximum Gasteiger partial charge on any atom is 0.340 e. The first-order valence-electron chi connectivity index (χ1n) is 9.62. The van der Waals surface area contributed by atoms with Gasteiger partial charge in [-0.25, -0.2) is 22.3 Å². The monoisotopic (exact) mass is 466 g/mol. The van der Waals surface area contributed by atoms with E-state index in [2.05, 4.69) is 11.3 Å². The van der Waals surface area contributed by atoms with E-state index in [1.807, 2.05) is 0 Å². The number of hydrogen-bond acceptors (Lipinski definition) is 6. The van der Waals surface area contributed by atoms with Gasteiger partial charge in [-0.05, 0) is 36.1 Å². The van der Waals surface area contributed by atoms with Gasteiger partial charge in [-0.3, -0.25) is 4.79 Å². The topological polar surface area (TPSA) is 92.8 Å². The van der Waals surface area contributed by atoms with E-state index in [1.165, 1.54) is 25.3 Å². The van der Waals surface area contributed by atoms with Crippen molar-refractivity contribution in [1.82, 2.24) is 9.62 Å². The molecule has 7 nitrogen and oxygen atoms in total. The van der Waals surface area contributed by atoms with Crippen LogP contribution in [0.3, 0.4) is 0 Å². The minimum Gasteiger partial charge on any atom is -0.465 e. The molecule has 31 heavy (non-hydrogen) atoms. The summed E-state index contributed by atoms with van der Waals surface area (Å²) >= 11 is 0.956. The molecule has 1 aliphatic heterocycles. The van der Waals surface area contributed by atoms with Crippen molar-refractivity contribution in [2.75, 3.05) is 13.7 Å². The van der Waals surface area contributed by atoms with E-state index in [0.29, 0.717) is 41.8 Å². The number of fused-ring (bicyclic) bond motifs is 1. The van der Waals surface area contributed by atoms with Gasteiger partial charge in [0.2, 0.25) is 5.91 Å². The summed E-state index contributed by atoms with van der Waals surface area (Å²) in [4.78, 5) is 27.1. The predicted molar refractivity (Wildman–Crippen MR) is 115 cm³/mol. The molecule has 1 aromatic carbocycles. The van der Waals surface area contributed by atoms with E-state index in [-0.39, 0.29) is 28.8 Å². The zero-order valence-electron chi connectivity index (χ0n) is 17.0. The number of esters is 1. The number of hydrogen-bond donors (Lipinski definition) is 1. The van der Waals surface area contributed by atoms with Crippen molar-refractivity contribution in [2.24, 2.45) is 0 Å². The van der Waals surface area contributed by atoms with Crippen LogP contribution in [0.1, 0.15) is 39.2 Å². The van der Waals surface area contributed by atoms with E-state index in [9.17, 15) is 22.4 Å². The average molecular weight is 467 g/mol. The minimum absolute atomic E-state index is 0.00688. The van der Waals surface area contributed by atoms with Gasteiger partial charge >= 0.3 is 5.97 Å². The zero-order chi connectivity index (χ0) is 22.6. The summed E-state index contributed by atoms with van der Waals surface area (Å²) in [6.07, 6.45) is 2.91. The van der Waals surface area contributed by atoms with Crippen LogP contribution in [-0.4, -0.2) is 38.8 Å². The third-order valence-electron chi connectivity index (χ3n) is 4.93. The number of thiophene rings is 1. The number of allylic oxidation sites excluding steroid dienone is 1. The smallest absolute Gasteiger partial charge is 0.340 e. The first-order valence-corrected chi connectivity index (χ1v) is 11.9. The van der Waals surface area contributed by atoms with Crippen molar-refractivity contribution in [3.8, 4) is 0 Å². The van der Waals surface area contributed by atoms with Gasteiger partial charge in [-0.2, -0.15) is 0 Å². The molecule has 3 rings (SSSR count). The van der Waals surface area contributed by atoms with Crippen molar-refractivity contribution in [1.29, 1.82) is 0 Å². The summed E-state index contributed by atoms with van der Waals surface area (Å²) in [6.45, 7) is 4.11. The van der Waals surface area contributed by atoms with Crippen molar-refractivity contribution in [2.45, 2.75) is 36.6 Å². The lowest BCUT2D eigenvalue weighted by atomic mass is 10.0. The van der Waals surface area contributed by atoms with E-state index in [4.69, 9.17) is 4.74 Å². The second-order valence-electron chi connectivity index (χ2n) is 7.00. The Balaban J connectivity index is 1.89. The normalized spacial score (nSPS) is 13.5. The van der Waals surface area contributed by atoms with Gasteiger partial charge < -0.3 is 9.64 Å². The van der Waals surface area contributed by atoms with Gasteiger partial charge in [0.1, 0.15) is 10.0 Å². The molecule has 1 N–H and O–H groups in total. The van der Waals surface area contributed by atoms with Crippen LogP contribution in [0.15, 0.2) is 41.1 Å². The number of nitrogens with one attached hydrogen (secondary N) is 1. The fraction of sp³-hybridized carbons (Fsp3) is 0.333. The number of ether oxygens (including phenoxy) is 1. The molecule has 0 saturated carbocycles. The lowest BCUT2D eigenvalue weighted by Crippen LogP contribution is -2.35. The number of benzene rings is 1. The Morgan fingerprint density at radius 2 is 2.16 bits per heavy atom. The number of sulfonamides is 1. The van der Waals surface area contributed by atoms with Crippen molar-refractivity contribution >= 4 is 33.2 Å². The van der Waals surface area contributed by atoms with Gasteiger partial charge in [0, 0.05) is 24.4 Å². The van der Waals surface area contributed by atoms with E-state index in [0.717, 1.165) is 11.3 Å². The van der Waals surface area contributed by atoms with Crippen LogP contribution < -0.4 is 4.72 Å². The van der Waals surface area contributed by atoms with Crippen molar-refractivity contribution in [3.05, 3.63) is 64.3 Å². The first-order chi connectivity index (χ1) is 14.8. The van der Waals surface area contributed by atoms with E-state index in [1.54, 1.807) is 17.0 Å². The molecule has 0 aliphatic carbocycles. The van der Waals surface area contributed by atoms with E-state index >= 15 is 0 Å². The Kier molecular flexibility index (Phi) is 7.24. The van der Waals surface area contributed by atoms with Gasteiger partial charge in [0.15, 0.2) is 0 Å². The van der Waals surface area contributed by atoms with Crippen LogP contribution in [0, 0.1) is 5.82 Å². The van der Waals surface area contributed by atoms with Crippen LogP contribution in [0.5, 0.6) is 0 Å². The molecule has 0 bridgehead atoms. The quantitative estimate of drug-likeness (QED) is 0.477. The first kappa shape index (κ1) is 23.1. The molecular weight excluding hydrogens is 443 g/mol. The summed E-state index contributed by atoms with van der Waals surface area (Å²) in [7, 11) is -2.88. The summed E-state index contributed by atoms with van der Waals surface area (Å²) < 4.78 is 46.5. The molecule has 2 heterocycles. The van der Waals surface area contributed by atoms with Crippen LogP contribution in [0.25, 0.3) is 0 Å². The summed E-state index contributed by atoms with van der Waals surface area (Å²) in [5.41, 5.74) is 1.05. The Labute approximate surface area is 184 Å². The van der Waals surface area contributed by atoms with Gasteiger partial charge in [-0.1, -0.05) is 18.2 Å². The van der Waals surface area contributed by atoms with Crippen LogP contribution in [0.4, 0.5) is 4.39 Å². The Morgan fingerprint density at radius 1 is 1.39 bits per heavy atom. The molecule has 0 saturated heterocycles. The highest BCUT2D eigenvalue weighted by atomic mass is 32.2. The largest absolute Gasteiger partial charge is 0.465 e. The molecule has 0 fully saturated rings. The lowest BCUT2D eigenvalue weighted by Gasteiger charge is -2.27. The Morgan fingerprint density at radius 3 is 2.84 bits per heavy atom. The highest BCUT2D eigenvalue weighted by Crippen LogP contribution is 2.37. The number of halogens is 1. The third-order valence-corrected chi connectivity index (χ3v) is 8.06. The van der Waals surface area contributed by atoms with Crippen LogP contribution in [0.2, 0.25) is 0 Å². The molecule has 1 aromatic heterocycles. The molecule has 2 aromatic rings. The summed E-state index contributed by atoms with van der Waals surface area (Å²) in [5.74, 6) is -1.26. The number of methoxy groups -OCH3 is 1. The minimum atomic E-state index is -4.07. The highest BCUT2D eigenvalue weighted by Gasteiger charge is 2.34. The van der Waals surface area contributed by atoms with Crippen molar-refractivity contribution in [3.63, 3.8) is 0 Å². The van der Waals surface area contributed by atoms with E-state index < -0.39 is 21.8 Å². The maximum absolute atomic E-state index is 13.4. The second kappa shape index (κ2) is 9.71. The average Bonchev–Trinajstić information content (AvgIpc) is 3.15. The highest BCUT2D eigenvalue weighted by molar-refractivity contribution is 7.91. The van der Waals surface area contributed by atoms with Gasteiger partial charge in [0.25, 0.3) is 10.0 Å². The van der Waals surface area contributed by atoms with Gasteiger partial charge in [-0.15, -0.1) is 17.9 Å². The fourth-order valence-corrected chi connectivity index (χ4v) is 6.32. The number of amides is 1. The number of rotatable bonds is 8. The molecule has 0 spiro atoms. The molecule has 0 radical (unpaired) electrons. The van der Waals surface area contributed by atoms with Crippen LogP contribution in [-0.2, 0) is 39.1 Å². The second-order valence-corrected chi connectivity index (χ2v) is 10.1. The van der Waals surface area contributed by atoms with Crippen LogP contribution >= 0.6 is 11.3 Å². The SMILES string of the molecule is C=CCCC(=O)N1CCc2c(sc(S(=O)(=O)NCc3cccc(F)c3)c2C(=O)OC)C1. The maximum atomic E-state index is 13.4. The molecular formula is C21H23FN2O5S2. The number of carbonyl (C=O) groups is 2.